The van der Waals surface area contributed by atoms with Gasteiger partial charge in [-0.1, -0.05) is 24.3 Å². The number of aliphatic carboxylic acids is 1. The van der Waals surface area contributed by atoms with Crippen molar-refractivity contribution in [2.75, 3.05) is 6.79 Å². The summed E-state index contributed by atoms with van der Waals surface area (Å²) < 4.78 is 10.5. The van der Waals surface area contributed by atoms with Crippen molar-refractivity contribution in [3.8, 4) is 11.5 Å². The molecule has 0 spiro atoms. The van der Waals surface area contributed by atoms with E-state index in [1.807, 2.05) is 18.2 Å². The van der Waals surface area contributed by atoms with Crippen LogP contribution in [0.5, 0.6) is 11.5 Å². The third-order valence-electron chi connectivity index (χ3n) is 3.01. The fraction of sp³-hybridized carbons (Fsp3) is 0.250. The van der Waals surface area contributed by atoms with Gasteiger partial charge in [0.05, 0.1) is 0 Å². The Labute approximate surface area is 128 Å². The molecule has 0 radical (unpaired) electrons. The number of amides is 1. The van der Waals surface area contributed by atoms with Gasteiger partial charge in [-0.15, -0.1) is 0 Å². The molecule has 0 aliphatic carbocycles. The molecule has 0 fully saturated rings. The van der Waals surface area contributed by atoms with Crippen LogP contribution < -0.4 is 14.8 Å². The molecule has 0 unspecified atom stereocenters. The van der Waals surface area contributed by atoms with Gasteiger partial charge in [-0.3, -0.25) is 4.79 Å². The van der Waals surface area contributed by atoms with Gasteiger partial charge in [0.1, 0.15) is 5.54 Å². The van der Waals surface area contributed by atoms with Crippen molar-refractivity contribution in [1.29, 1.82) is 0 Å². The molecule has 0 atom stereocenters. The largest absolute Gasteiger partial charge is 0.480 e. The summed E-state index contributed by atoms with van der Waals surface area (Å²) in [7, 11) is 0. The number of carbonyl (C=O) groups is 2. The molecule has 0 bridgehead atoms. The van der Waals surface area contributed by atoms with Gasteiger partial charge in [0.15, 0.2) is 11.5 Å². The molecule has 22 heavy (non-hydrogen) atoms. The van der Waals surface area contributed by atoms with Crippen LogP contribution in [0, 0.1) is 0 Å². The molecule has 0 aromatic heterocycles. The lowest BCUT2D eigenvalue weighted by molar-refractivity contribution is -0.145. The predicted octanol–water partition coefficient (Wildman–Crippen LogP) is 1.96. The van der Waals surface area contributed by atoms with Gasteiger partial charge < -0.3 is 19.9 Å². The molecule has 1 aliphatic rings. The number of carboxylic acids is 1. The summed E-state index contributed by atoms with van der Waals surface area (Å²) in [6.07, 6.45) is 6.30. The van der Waals surface area contributed by atoms with Crippen molar-refractivity contribution < 1.29 is 24.2 Å². The van der Waals surface area contributed by atoms with E-state index in [1.54, 1.807) is 12.2 Å². The SMILES string of the molecule is CC(C)(NC(=O)/C=C/C=C/c1ccc2c(c1)OCO2)C(=O)O. The van der Waals surface area contributed by atoms with Gasteiger partial charge in [-0.25, -0.2) is 4.79 Å². The molecule has 1 aliphatic heterocycles. The second-order valence-electron chi connectivity index (χ2n) is 5.25. The Kier molecular flexibility index (Phi) is 4.50. The van der Waals surface area contributed by atoms with E-state index in [4.69, 9.17) is 14.6 Å². The first-order valence-electron chi connectivity index (χ1n) is 6.68. The minimum atomic E-state index is -1.30. The first-order valence-corrected chi connectivity index (χ1v) is 6.68. The van der Waals surface area contributed by atoms with E-state index in [0.29, 0.717) is 11.5 Å². The van der Waals surface area contributed by atoms with Gasteiger partial charge >= 0.3 is 5.97 Å². The van der Waals surface area contributed by atoms with Crippen LogP contribution in [0.2, 0.25) is 0 Å². The molecule has 6 nitrogen and oxygen atoms in total. The molecule has 116 valence electrons. The van der Waals surface area contributed by atoms with Gasteiger partial charge in [-0.2, -0.15) is 0 Å². The molecule has 1 aromatic rings. The second-order valence-corrected chi connectivity index (χ2v) is 5.25. The van der Waals surface area contributed by atoms with Crippen LogP contribution in [0.3, 0.4) is 0 Å². The third-order valence-corrected chi connectivity index (χ3v) is 3.01. The molecule has 2 N–H and O–H groups in total. The number of hydrogen-bond donors (Lipinski definition) is 2. The fourth-order valence-corrected chi connectivity index (χ4v) is 1.73. The van der Waals surface area contributed by atoms with E-state index in [0.717, 1.165) is 5.56 Å². The Bertz CT molecular complexity index is 646. The summed E-state index contributed by atoms with van der Waals surface area (Å²) in [5.41, 5.74) is -0.400. The molecule has 0 saturated carbocycles. The fourth-order valence-electron chi connectivity index (χ4n) is 1.73. The van der Waals surface area contributed by atoms with Crippen LogP contribution in [-0.4, -0.2) is 29.3 Å². The summed E-state index contributed by atoms with van der Waals surface area (Å²) in [4.78, 5) is 22.5. The third kappa shape index (κ3) is 3.88. The quantitative estimate of drug-likeness (QED) is 0.641. The van der Waals surface area contributed by atoms with E-state index in [2.05, 4.69) is 5.32 Å². The number of nitrogens with one attached hydrogen (secondary N) is 1. The minimum absolute atomic E-state index is 0.224. The lowest BCUT2D eigenvalue weighted by Gasteiger charge is -2.19. The van der Waals surface area contributed by atoms with E-state index in [-0.39, 0.29) is 6.79 Å². The smallest absolute Gasteiger partial charge is 0.328 e. The first-order chi connectivity index (χ1) is 10.4. The van der Waals surface area contributed by atoms with E-state index in [9.17, 15) is 9.59 Å². The summed E-state index contributed by atoms with van der Waals surface area (Å²) in [5, 5.41) is 11.3. The second kappa shape index (κ2) is 6.34. The van der Waals surface area contributed by atoms with Gasteiger partial charge in [-0.05, 0) is 31.5 Å². The summed E-state index contributed by atoms with van der Waals surface area (Å²) in [5.74, 6) is -0.164. The number of rotatable bonds is 5. The number of ether oxygens (including phenoxy) is 2. The molecule has 6 heteroatoms. The highest BCUT2D eigenvalue weighted by molar-refractivity contribution is 5.92. The Morgan fingerprint density at radius 2 is 1.95 bits per heavy atom. The number of carbonyl (C=O) groups excluding carboxylic acids is 1. The van der Waals surface area contributed by atoms with Crippen molar-refractivity contribution in [2.24, 2.45) is 0 Å². The Hall–Kier alpha value is -2.76. The summed E-state index contributed by atoms with van der Waals surface area (Å²) in [6.45, 7) is 3.06. The van der Waals surface area contributed by atoms with Gasteiger partial charge in [0.2, 0.25) is 12.7 Å². The zero-order chi connectivity index (χ0) is 16.2. The normalized spacial score (nSPS) is 13.7. The maximum absolute atomic E-state index is 11.6. The average molecular weight is 303 g/mol. The molecular weight excluding hydrogens is 286 g/mol. The predicted molar refractivity (Wildman–Crippen MR) is 80.6 cm³/mol. The van der Waals surface area contributed by atoms with Crippen LogP contribution in [0.4, 0.5) is 0 Å². The number of benzene rings is 1. The zero-order valence-electron chi connectivity index (χ0n) is 12.3. The highest BCUT2D eigenvalue weighted by Crippen LogP contribution is 2.32. The molecule has 1 heterocycles. The molecular formula is C16H17NO5. The van der Waals surface area contributed by atoms with Crippen molar-refractivity contribution in [3.63, 3.8) is 0 Å². The average Bonchev–Trinajstić information content (AvgIpc) is 2.90. The minimum Gasteiger partial charge on any atom is -0.480 e. The van der Waals surface area contributed by atoms with Gasteiger partial charge in [0, 0.05) is 6.08 Å². The van der Waals surface area contributed by atoms with Crippen molar-refractivity contribution in [1.82, 2.24) is 5.32 Å². The highest BCUT2D eigenvalue weighted by atomic mass is 16.7. The van der Waals surface area contributed by atoms with Gasteiger partial charge in [0.25, 0.3) is 0 Å². The number of carboxylic acid groups (broad SMARTS) is 1. The molecule has 1 amide bonds. The van der Waals surface area contributed by atoms with E-state index in [1.165, 1.54) is 26.0 Å². The molecule has 2 rings (SSSR count). The van der Waals surface area contributed by atoms with Crippen molar-refractivity contribution >= 4 is 18.0 Å². The molecule has 0 saturated heterocycles. The van der Waals surface area contributed by atoms with Crippen LogP contribution >= 0.6 is 0 Å². The number of hydrogen-bond acceptors (Lipinski definition) is 4. The number of fused-ring (bicyclic) bond motifs is 1. The molecule has 1 aromatic carbocycles. The van der Waals surface area contributed by atoms with Crippen LogP contribution in [0.25, 0.3) is 6.08 Å². The maximum atomic E-state index is 11.6. The first kappa shape index (κ1) is 15.6. The van der Waals surface area contributed by atoms with Crippen molar-refractivity contribution in [2.45, 2.75) is 19.4 Å². The van der Waals surface area contributed by atoms with Crippen molar-refractivity contribution in [3.05, 3.63) is 42.0 Å². The maximum Gasteiger partial charge on any atom is 0.328 e. The van der Waals surface area contributed by atoms with Crippen LogP contribution in [0.15, 0.2) is 36.4 Å². The topological polar surface area (TPSA) is 84.9 Å². The Morgan fingerprint density at radius 1 is 1.23 bits per heavy atom. The zero-order valence-corrected chi connectivity index (χ0v) is 12.3. The standard InChI is InChI=1S/C16H17NO5/c1-16(2,15(19)20)17-14(18)6-4-3-5-11-7-8-12-13(9-11)22-10-21-12/h3-9H,10H2,1-2H3,(H,17,18)(H,19,20)/b5-3+,6-4+. The lowest BCUT2D eigenvalue weighted by Crippen LogP contribution is -2.49. The van der Waals surface area contributed by atoms with Crippen LogP contribution in [0.1, 0.15) is 19.4 Å². The Balaban J connectivity index is 1.92. The summed E-state index contributed by atoms with van der Waals surface area (Å²) >= 11 is 0. The number of allylic oxidation sites excluding steroid dienone is 2. The highest BCUT2D eigenvalue weighted by Gasteiger charge is 2.27. The summed E-state index contributed by atoms with van der Waals surface area (Å²) in [6, 6.07) is 5.51. The monoisotopic (exact) mass is 303 g/mol. The lowest BCUT2D eigenvalue weighted by atomic mass is 10.1. The Morgan fingerprint density at radius 3 is 2.68 bits per heavy atom. The van der Waals surface area contributed by atoms with E-state index >= 15 is 0 Å². The van der Waals surface area contributed by atoms with Crippen LogP contribution in [-0.2, 0) is 9.59 Å². The van der Waals surface area contributed by atoms with E-state index < -0.39 is 17.4 Å².